The number of rotatable bonds is 6. The topological polar surface area (TPSA) is 93.1 Å². The Bertz CT molecular complexity index is 785. The molecule has 0 saturated carbocycles. The number of nitrogens with two attached hydrogens (primary N) is 1. The summed E-state index contributed by atoms with van der Waals surface area (Å²) < 4.78 is 5.35. The molecule has 0 saturated heterocycles. The highest BCUT2D eigenvalue weighted by molar-refractivity contribution is 5.54. The second-order valence-corrected chi connectivity index (χ2v) is 5.68. The van der Waals surface area contributed by atoms with Crippen LogP contribution < -0.4 is 11.1 Å². The predicted molar refractivity (Wildman–Crippen MR) is 92.6 cm³/mol. The monoisotopic (exact) mass is 324 g/mol. The number of aromatic nitrogens is 3. The highest BCUT2D eigenvalue weighted by Crippen LogP contribution is 2.15. The second-order valence-electron chi connectivity index (χ2n) is 5.68. The number of nitrogen functional groups attached to an aromatic ring is 1. The number of hydrogen-bond donors (Lipinski definition) is 2. The van der Waals surface area contributed by atoms with Crippen molar-refractivity contribution in [2.75, 3.05) is 18.1 Å². The molecule has 124 valence electrons. The third-order valence-electron chi connectivity index (χ3n) is 3.42. The van der Waals surface area contributed by atoms with Gasteiger partial charge >= 0.3 is 0 Å². The Morgan fingerprint density at radius 3 is 2.58 bits per heavy atom. The van der Waals surface area contributed by atoms with Crippen molar-refractivity contribution in [3.8, 4) is 0 Å². The van der Waals surface area contributed by atoms with E-state index in [1.807, 2.05) is 55.3 Å². The zero-order valence-electron chi connectivity index (χ0n) is 13.7. The van der Waals surface area contributed by atoms with Gasteiger partial charge in [0.25, 0.3) is 0 Å². The minimum Gasteiger partial charge on any atom is -0.468 e. The number of aryl methyl sites for hydroxylation is 1. The molecular weight excluding hydrogens is 304 g/mol. The molecule has 3 aromatic rings. The highest BCUT2D eigenvalue weighted by Gasteiger charge is 2.09. The van der Waals surface area contributed by atoms with Crippen molar-refractivity contribution in [3.05, 3.63) is 59.8 Å². The molecule has 0 amide bonds. The van der Waals surface area contributed by atoms with Gasteiger partial charge in [0.15, 0.2) is 0 Å². The van der Waals surface area contributed by atoms with Gasteiger partial charge in [0.2, 0.25) is 11.9 Å². The first-order chi connectivity index (χ1) is 11.6. The van der Waals surface area contributed by atoms with Crippen molar-refractivity contribution in [1.29, 1.82) is 0 Å². The Balaban J connectivity index is 1.70. The molecular formula is C17H20N6O. The van der Waals surface area contributed by atoms with Crippen LogP contribution in [0.15, 0.2) is 47.1 Å². The fraction of sp³-hybridized carbons (Fsp3) is 0.235. The Morgan fingerprint density at radius 2 is 1.88 bits per heavy atom. The molecule has 0 fully saturated rings. The van der Waals surface area contributed by atoms with Crippen LogP contribution in [0.5, 0.6) is 0 Å². The molecule has 0 atom stereocenters. The van der Waals surface area contributed by atoms with Crippen molar-refractivity contribution in [2.24, 2.45) is 0 Å². The van der Waals surface area contributed by atoms with Crippen LogP contribution in [0.1, 0.15) is 17.1 Å². The van der Waals surface area contributed by atoms with Crippen molar-refractivity contribution < 1.29 is 4.42 Å². The number of nitrogens with one attached hydrogen (secondary N) is 1. The Labute approximate surface area is 140 Å². The van der Waals surface area contributed by atoms with Crippen LogP contribution in [0.3, 0.4) is 0 Å². The van der Waals surface area contributed by atoms with Crippen molar-refractivity contribution >= 4 is 17.6 Å². The molecule has 7 nitrogen and oxygen atoms in total. The average molecular weight is 324 g/mol. The molecule has 0 aliphatic heterocycles. The summed E-state index contributed by atoms with van der Waals surface area (Å²) in [4.78, 5) is 14.8. The van der Waals surface area contributed by atoms with Crippen LogP contribution in [0.4, 0.5) is 17.6 Å². The maximum Gasteiger partial charge on any atom is 0.232 e. The van der Waals surface area contributed by atoms with Crippen LogP contribution in [0, 0.1) is 6.92 Å². The smallest absolute Gasteiger partial charge is 0.232 e. The van der Waals surface area contributed by atoms with Gasteiger partial charge in [-0.1, -0.05) is 17.7 Å². The average Bonchev–Trinajstić information content (AvgIpc) is 3.01. The number of furan rings is 1. The molecule has 2 aromatic heterocycles. The fourth-order valence-electron chi connectivity index (χ4n) is 2.30. The molecule has 1 aromatic carbocycles. The number of anilines is 3. The minimum atomic E-state index is 0.195. The van der Waals surface area contributed by atoms with Crippen LogP contribution in [-0.4, -0.2) is 26.9 Å². The second kappa shape index (κ2) is 7.10. The van der Waals surface area contributed by atoms with E-state index >= 15 is 0 Å². The van der Waals surface area contributed by atoms with Crippen LogP contribution >= 0.6 is 0 Å². The standard InChI is InChI=1S/C17H20N6O/c1-12-5-7-13(8-6-12)19-17-21-15(20-16(18)22-17)11-23(2)10-14-4-3-9-24-14/h3-9H,10-11H2,1-2H3,(H3,18,19,20,21,22). The molecule has 2 heterocycles. The van der Waals surface area contributed by atoms with E-state index in [1.165, 1.54) is 5.56 Å². The van der Waals surface area contributed by atoms with Crippen LogP contribution in [-0.2, 0) is 13.1 Å². The van der Waals surface area contributed by atoms with E-state index in [0.717, 1.165) is 11.4 Å². The van der Waals surface area contributed by atoms with Gasteiger partial charge in [-0.2, -0.15) is 15.0 Å². The van der Waals surface area contributed by atoms with Crippen LogP contribution in [0.2, 0.25) is 0 Å². The lowest BCUT2D eigenvalue weighted by Gasteiger charge is -2.14. The first-order valence-electron chi connectivity index (χ1n) is 7.63. The molecule has 0 aliphatic rings. The predicted octanol–water partition coefficient (Wildman–Crippen LogP) is 2.73. The zero-order valence-corrected chi connectivity index (χ0v) is 13.7. The first kappa shape index (κ1) is 15.9. The highest BCUT2D eigenvalue weighted by atomic mass is 16.3. The summed E-state index contributed by atoms with van der Waals surface area (Å²) in [5.74, 6) is 2.12. The molecule has 3 rings (SSSR count). The van der Waals surface area contributed by atoms with E-state index in [4.69, 9.17) is 10.2 Å². The largest absolute Gasteiger partial charge is 0.468 e. The third-order valence-corrected chi connectivity index (χ3v) is 3.42. The summed E-state index contributed by atoms with van der Waals surface area (Å²) in [5.41, 5.74) is 7.90. The van der Waals surface area contributed by atoms with Gasteiger partial charge in [0, 0.05) is 5.69 Å². The van der Waals surface area contributed by atoms with Gasteiger partial charge in [-0.15, -0.1) is 0 Å². The molecule has 24 heavy (non-hydrogen) atoms. The Morgan fingerprint density at radius 1 is 1.08 bits per heavy atom. The maximum absolute atomic E-state index is 5.81. The molecule has 0 radical (unpaired) electrons. The van der Waals surface area contributed by atoms with E-state index in [9.17, 15) is 0 Å². The van der Waals surface area contributed by atoms with Gasteiger partial charge < -0.3 is 15.5 Å². The van der Waals surface area contributed by atoms with Crippen molar-refractivity contribution in [3.63, 3.8) is 0 Å². The molecule has 0 unspecified atom stereocenters. The molecule has 0 bridgehead atoms. The van der Waals surface area contributed by atoms with Gasteiger partial charge in [-0.05, 0) is 38.2 Å². The number of nitrogens with zero attached hydrogens (tertiary/aromatic N) is 4. The molecule has 0 spiro atoms. The van der Waals surface area contributed by atoms with E-state index < -0.39 is 0 Å². The van der Waals surface area contributed by atoms with Gasteiger partial charge in [-0.3, -0.25) is 4.90 Å². The van der Waals surface area contributed by atoms with Gasteiger partial charge in [0.05, 0.1) is 19.4 Å². The Hall–Kier alpha value is -2.93. The summed E-state index contributed by atoms with van der Waals surface area (Å²) in [6.45, 7) is 3.24. The summed E-state index contributed by atoms with van der Waals surface area (Å²) >= 11 is 0. The summed E-state index contributed by atoms with van der Waals surface area (Å²) in [6, 6.07) is 11.8. The van der Waals surface area contributed by atoms with Gasteiger partial charge in [-0.25, -0.2) is 0 Å². The Kier molecular flexibility index (Phi) is 4.72. The first-order valence-corrected chi connectivity index (χ1v) is 7.63. The molecule has 7 heteroatoms. The normalized spacial score (nSPS) is 11.0. The van der Waals surface area contributed by atoms with Crippen molar-refractivity contribution in [1.82, 2.24) is 19.9 Å². The van der Waals surface area contributed by atoms with Crippen LogP contribution in [0.25, 0.3) is 0 Å². The lowest BCUT2D eigenvalue weighted by Crippen LogP contribution is -2.19. The summed E-state index contributed by atoms with van der Waals surface area (Å²) in [7, 11) is 1.97. The number of hydrogen-bond acceptors (Lipinski definition) is 7. The SMILES string of the molecule is Cc1ccc(Nc2nc(N)nc(CN(C)Cc3ccco3)n2)cc1. The third kappa shape index (κ3) is 4.30. The minimum absolute atomic E-state index is 0.195. The zero-order chi connectivity index (χ0) is 16.9. The lowest BCUT2D eigenvalue weighted by molar-refractivity contribution is 0.281. The van der Waals surface area contributed by atoms with Crippen molar-refractivity contribution in [2.45, 2.75) is 20.0 Å². The fourth-order valence-corrected chi connectivity index (χ4v) is 2.30. The quantitative estimate of drug-likeness (QED) is 0.720. The lowest BCUT2D eigenvalue weighted by atomic mass is 10.2. The number of benzene rings is 1. The van der Waals surface area contributed by atoms with E-state index in [2.05, 4.69) is 20.3 Å². The van der Waals surface area contributed by atoms with Gasteiger partial charge in [0.1, 0.15) is 11.6 Å². The molecule has 3 N–H and O–H groups in total. The summed E-state index contributed by atoms with van der Waals surface area (Å²) in [6.07, 6.45) is 1.66. The van der Waals surface area contributed by atoms with E-state index in [0.29, 0.717) is 24.9 Å². The molecule has 0 aliphatic carbocycles. The van der Waals surface area contributed by atoms with E-state index in [-0.39, 0.29) is 5.95 Å². The van der Waals surface area contributed by atoms with E-state index in [1.54, 1.807) is 6.26 Å². The summed E-state index contributed by atoms with van der Waals surface area (Å²) in [5, 5.41) is 3.15. The maximum atomic E-state index is 5.81.